The summed E-state index contributed by atoms with van der Waals surface area (Å²) in [6.45, 7) is 2.66. The average Bonchev–Trinajstić information content (AvgIpc) is 2.59. The SMILES string of the molecule is COc1cc(C(C)NCC(O)Cc2ccccc2)ccc1SC. The minimum Gasteiger partial charge on any atom is -0.496 e. The van der Waals surface area contributed by atoms with Crippen LogP contribution in [0.15, 0.2) is 53.4 Å². The molecule has 0 amide bonds. The molecule has 2 unspecified atom stereocenters. The third-order valence-corrected chi connectivity index (χ3v) is 4.66. The summed E-state index contributed by atoms with van der Waals surface area (Å²) in [7, 11) is 1.69. The molecule has 2 N–H and O–H groups in total. The van der Waals surface area contributed by atoms with Gasteiger partial charge in [0.2, 0.25) is 0 Å². The van der Waals surface area contributed by atoms with Gasteiger partial charge >= 0.3 is 0 Å². The zero-order valence-corrected chi connectivity index (χ0v) is 14.8. The number of rotatable bonds is 8. The molecule has 23 heavy (non-hydrogen) atoms. The average molecular weight is 331 g/mol. The van der Waals surface area contributed by atoms with E-state index in [0.29, 0.717) is 13.0 Å². The van der Waals surface area contributed by atoms with E-state index in [-0.39, 0.29) is 6.04 Å². The van der Waals surface area contributed by atoms with E-state index >= 15 is 0 Å². The van der Waals surface area contributed by atoms with E-state index < -0.39 is 6.10 Å². The largest absolute Gasteiger partial charge is 0.496 e. The van der Waals surface area contributed by atoms with Crippen LogP contribution in [0.1, 0.15) is 24.1 Å². The van der Waals surface area contributed by atoms with Crippen LogP contribution in [0.4, 0.5) is 0 Å². The van der Waals surface area contributed by atoms with Crippen LogP contribution >= 0.6 is 11.8 Å². The van der Waals surface area contributed by atoms with E-state index in [1.165, 1.54) is 0 Å². The standard InChI is InChI=1S/C19H25NO2S/c1-14(16-9-10-19(23-3)18(12-16)22-2)20-13-17(21)11-15-7-5-4-6-8-15/h4-10,12,14,17,20-21H,11,13H2,1-3H3. The molecule has 124 valence electrons. The van der Waals surface area contributed by atoms with Crippen molar-refractivity contribution < 1.29 is 9.84 Å². The zero-order chi connectivity index (χ0) is 16.7. The van der Waals surface area contributed by atoms with Crippen LogP contribution in [0.2, 0.25) is 0 Å². The molecular weight excluding hydrogens is 306 g/mol. The number of aliphatic hydroxyl groups excluding tert-OH is 1. The van der Waals surface area contributed by atoms with Crippen molar-refractivity contribution in [2.45, 2.75) is 30.4 Å². The maximum absolute atomic E-state index is 10.2. The van der Waals surface area contributed by atoms with E-state index in [0.717, 1.165) is 21.8 Å². The minimum atomic E-state index is -0.396. The number of thioether (sulfide) groups is 1. The summed E-state index contributed by atoms with van der Waals surface area (Å²) in [6.07, 6.45) is 2.31. The zero-order valence-electron chi connectivity index (χ0n) is 14.0. The second kappa shape index (κ2) is 8.96. The summed E-state index contributed by atoms with van der Waals surface area (Å²) in [5.74, 6) is 0.897. The number of nitrogens with one attached hydrogen (secondary N) is 1. The molecule has 2 aromatic carbocycles. The fourth-order valence-corrected chi connectivity index (χ4v) is 3.06. The van der Waals surface area contributed by atoms with Crippen molar-refractivity contribution in [1.29, 1.82) is 0 Å². The van der Waals surface area contributed by atoms with Gasteiger partial charge in [0.1, 0.15) is 5.75 Å². The van der Waals surface area contributed by atoms with Gasteiger partial charge in [0.05, 0.1) is 13.2 Å². The van der Waals surface area contributed by atoms with Crippen LogP contribution in [0.3, 0.4) is 0 Å². The van der Waals surface area contributed by atoms with Crippen LogP contribution < -0.4 is 10.1 Å². The van der Waals surface area contributed by atoms with Gasteiger partial charge in [-0.15, -0.1) is 11.8 Å². The lowest BCUT2D eigenvalue weighted by Gasteiger charge is -2.19. The molecule has 2 rings (SSSR count). The van der Waals surface area contributed by atoms with Crippen LogP contribution in [0.5, 0.6) is 5.75 Å². The molecule has 4 heteroatoms. The highest BCUT2D eigenvalue weighted by Gasteiger charge is 2.11. The second-order valence-electron chi connectivity index (χ2n) is 5.59. The Kier molecular flexibility index (Phi) is 6.96. The van der Waals surface area contributed by atoms with Crippen molar-refractivity contribution in [1.82, 2.24) is 5.32 Å². The van der Waals surface area contributed by atoms with Gasteiger partial charge in [-0.2, -0.15) is 0 Å². The number of benzene rings is 2. The molecule has 0 aliphatic carbocycles. The molecular formula is C19H25NO2S. The van der Waals surface area contributed by atoms with Gasteiger partial charge in [0.25, 0.3) is 0 Å². The predicted octanol–water partition coefficient (Wildman–Crippen LogP) is 3.67. The van der Waals surface area contributed by atoms with Gasteiger partial charge in [-0.05, 0) is 42.9 Å². The fraction of sp³-hybridized carbons (Fsp3) is 0.368. The first-order valence-electron chi connectivity index (χ1n) is 7.81. The van der Waals surface area contributed by atoms with Crippen LogP contribution in [-0.4, -0.2) is 31.1 Å². The van der Waals surface area contributed by atoms with Gasteiger partial charge in [-0.3, -0.25) is 0 Å². The molecule has 0 bridgehead atoms. The van der Waals surface area contributed by atoms with Gasteiger partial charge in [-0.25, -0.2) is 0 Å². The normalized spacial score (nSPS) is 13.6. The number of aliphatic hydroxyl groups is 1. The lowest BCUT2D eigenvalue weighted by atomic mass is 10.1. The lowest BCUT2D eigenvalue weighted by Crippen LogP contribution is -2.30. The van der Waals surface area contributed by atoms with E-state index in [1.807, 2.05) is 36.6 Å². The lowest BCUT2D eigenvalue weighted by molar-refractivity contribution is 0.168. The van der Waals surface area contributed by atoms with Gasteiger partial charge in [0.15, 0.2) is 0 Å². The third-order valence-electron chi connectivity index (χ3n) is 3.88. The Balaban J connectivity index is 1.90. The summed E-state index contributed by atoms with van der Waals surface area (Å²) in [4.78, 5) is 1.13. The molecule has 0 heterocycles. The molecule has 0 spiro atoms. The summed E-state index contributed by atoms with van der Waals surface area (Å²) >= 11 is 1.67. The molecule has 2 aromatic rings. The Morgan fingerprint density at radius 1 is 1.17 bits per heavy atom. The first-order chi connectivity index (χ1) is 11.1. The Hall–Kier alpha value is -1.49. The van der Waals surface area contributed by atoms with Gasteiger partial charge in [-0.1, -0.05) is 36.4 Å². The van der Waals surface area contributed by atoms with Crippen molar-refractivity contribution >= 4 is 11.8 Å². The van der Waals surface area contributed by atoms with Crippen molar-refractivity contribution in [3.8, 4) is 5.75 Å². The van der Waals surface area contributed by atoms with Gasteiger partial charge in [0, 0.05) is 17.5 Å². The summed E-state index contributed by atoms with van der Waals surface area (Å²) in [6, 6.07) is 16.5. The highest BCUT2D eigenvalue weighted by atomic mass is 32.2. The van der Waals surface area contributed by atoms with Crippen LogP contribution in [-0.2, 0) is 6.42 Å². The maximum Gasteiger partial charge on any atom is 0.132 e. The Bertz CT molecular complexity index is 604. The number of methoxy groups -OCH3 is 1. The first-order valence-corrected chi connectivity index (χ1v) is 9.03. The monoisotopic (exact) mass is 331 g/mol. The first kappa shape index (κ1) is 17.9. The number of hydrogen-bond donors (Lipinski definition) is 2. The summed E-state index contributed by atoms with van der Waals surface area (Å²) < 4.78 is 5.43. The molecule has 0 aliphatic rings. The Morgan fingerprint density at radius 2 is 1.91 bits per heavy atom. The fourth-order valence-electron chi connectivity index (χ4n) is 2.51. The number of hydrogen-bond acceptors (Lipinski definition) is 4. The highest BCUT2D eigenvalue weighted by Crippen LogP contribution is 2.30. The van der Waals surface area contributed by atoms with E-state index in [9.17, 15) is 5.11 Å². The molecule has 0 saturated carbocycles. The van der Waals surface area contributed by atoms with Crippen molar-refractivity contribution in [2.24, 2.45) is 0 Å². The Morgan fingerprint density at radius 3 is 2.57 bits per heavy atom. The molecule has 3 nitrogen and oxygen atoms in total. The van der Waals surface area contributed by atoms with Gasteiger partial charge < -0.3 is 15.2 Å². The summed E-state index contributed by atoms with van der Waals surface area (Å²) in [5, 5.41) is 13.6. The van der Waals surface area contributed by atoms with Crippen molar-refractivity contribution in [2.75, 3.05) is 19.9 Å². The van der Waals surface area contributed by atoms with E-state index in [1.54, 1.807) is 18.9 Å². The quantitative estimate of drug-likeness (QED) is 0.724. The smallest absolute Gasteiger partial charge is 0.132 e. The topological polar surface area (TPSA) is 41.5 Å². The minimum absolute atomic E-state index is 0.158. The Labute approximate surface area is 143 Å². The number of ether oxygens (including phenoxy) is 1. The molecule has 0 aromatic heterocycles. The van der Waals surface area contributed by atoms with Crippen LogP contribution in [0, 0.1) is 0 Å². The van der Waals surface area contributed by atoms with Crippen molar-refractivity contribution in [3.63, 3.8) is 0 Å². The second-order valence-corrected chi connectivity index (χ2v) is 6.44. The summed E-state index contributed by atoms with van der Waals surface area (Å²) in [5.41, 5.74) is 2.31. The molecule has 2 atom stereocenters. The molecule has 0 aliphatic heterocycles. The highest BCUT2D eigenvalue weighted by molar-refractivity contribution is 7.98. The van der Waals surface area contributed by atoms with Crippen LogP contribution in [0.25, 0.3) is 0 Å². The van der Waals surface area contributed by atoms with E-state index in [4.69, 9.17) is 4.74 Å². The molecule has 0 saturated heterocycles. The van der Waals surface area contributed by atoms with Crippen molar-refractivity contribution in [3.05, 3.63) is 59.7 Å². The molecule has 0 radical (unpaired) electrons. The predicted molar refractivity (Wildman–Crippen MR) is 97.3 cm³/mol. The maximum atomic E-state index is 10.2. The van der Waals surface area contributed by atoms with E-state index in [2.05, 4.69) is 30.4 Å². The molecule has 0 fully saturated rings. The third kappa shape index (κ3) is 5.27.